The Hall–Kier alpha value is -3.48. The molecule has 1 aromatic carbocycles. The Bertz CT molecular complexity index is 1010. The number of hydrogen-bond acceptors (Lipinski definition) is 4. The van der Waals surface area contributed by atoms with Crippen LogP contribution >= 0.6 is 0 Å². The maximum atomic E-state index is 13.0. The number of fused-ring (bicyclic) bond motifs is 1. The molecule has 7 nitrogen and oxygen atoms in total. The molecule has 1 N–H and O–H groups in total. The fourth-order valence-electron chi connectivity index (χ4n) is 3.39. The summed E-state index contributed by atoms with van der Waals surface area (Å²) in [7, 11) is 0. The molecular formula is C22H23N5O2. The number of nitrogens with one attached hydrogen (secondary N) is 1. The SMILES string of the molecule is Cc1ccc(CN2CCCn3nc(C(=O)NCc4cccnc4)cc3C2=O)cc1. The van der Waals surface area contributed by atoms with E-state index in [4.69, 9.17) is 0 Å². The van der Waals surface area contributed by atoms with Crippen LogP contribution in [0.15, 0.2) is 54.9 Å². The van der Waals surface area contributed by atoms with Gasteiger partial charge in [0.15, 0.2) is 5.69 Å². The molecule has 2 aromatic heterocycles. The zero-order valence-corrected chi connectivity index (χ0v) is 16.3. The topological polar surface area (TPSA) is 80.1 Å². The van der Waals surface area contributed by atoms with Gasteiger partial charge in [-0.2, -0.15) is 5.10 Å². The summed E-state index contributed by atoms with van der Waals surface area (Å²) in [5.74, 6) is -0.394. The first-order valence-electron chi connectivity index (χ1n) is 9.70. The maximum Gasteiger partial charge on any atom is 0.272 e. The van der Waals surface area contributed by atoms with Crippen molar-refractivity contribution in [1.82, 2.24) is 25.0 Å². The lowest BCUT2D eigenvalue weighted by atomic mass is 10.1. The Morgan fingerprint density at radius 2 is 1.97 bits per heavy atom. The van der Waals surface area contributed by atoms with Crippen LogP contribution in [-0.2, 0) is 19.6 Å². The zero-order chi connectivity index (χ0) is 20.2. The lowest BCUT2D eigenvalue weighted by molar-refractivity contribution is 0.0745. The van der Waals surface area contributed by atoms with Crippen LogP contribution in [0.2, 0.25) is 0 Å². The molecule has 0 aliphatic carbocycles. The molecule has 3 heterocycles. The molecule has 0 bridgehead atoms. The van der Waals surface area contributed by atoms with Gasteiger partial charge in [0.2, 0.25) is 0 Å². The smallest absolute Gasteiger partial charge is 0.272 e. The predicted octanol–water partition coefficient (Wildman–Crippen LogP) is 2.56. The molecule has 148 valence electrons. The van der Waals surface area contributed by atoms with Gasteiger partial charge in [0.25, 0.3) is 11.8 Å². The summed E-state index contributed by atoms with van der Waals surface area (Å²) in [5, 5.41) is 7.20. The second-order valence-corrected chi connectivity index (χ2v) is 7.25. The van der Waals surface area contributed by atoms with Crippen LogP contribution in [0.1, 0.15) is 44.1 Å². The Morgan fingerprint density at radius 1 is 1.14 bits per heavy atom. The molecular weight excluding hydrogens is 366 g/mol. The average molecular weight is 389 g/mol. The summed E-state index contributed by atoms with van der Waals surface area (Å²) in [6.45, 7) is 4.23. The van der Waals surface area contributed by atoms with Crippen molar-refractivity contribution >= 4 is 11.8 Å². The van der Waals surface area contributed by atoms with Crippen LogP contribution in [0.3, 0.4) is 0 Å². The van der Waals surface area contributed by atoms with Crippen molar-refractivity contribution in [1.29, 1.82) is 0 Å². The van der Waals surface area contributed by atoms with Gasteiger partial charge < -0.3 is 10.2 Å². The Morgan fingerprint density at radius 3 is 2.72 bits per heavy atom. The van der Waals surface area contributed by atoms with E-state index < -0.39 is 0 Å². The summed E-state index contributed by atoms with van der Waals surface area (Å²) < 4.78 is 1.65. The van der Waals surface area contributed by atoms with Crippen molar-refractivity contribution < 1.29 is 9.59 Å². The molecule has 2 amide bonds. The van der Waals surface area contributed by atoms with E-state index in [0.717, 1.165) is 17.5 Å². The molecule has 0 radical (unpaired) electrons. The molecule has 1 aliphatic rings. The minimum atomic E-state index is -0.299. The maximum absolute atomic E-state index is 13.0. The molecule has 0 fully saturated rings. The lowest BCUT2D eigenvalue weighted by Crippen LogP contribution is -2.30. The van der Waals surface area contributed by atoms with Crippen LogP contribution in [-0.4, -0.2) is 38.0 Å². The monoisotopic (exact) mass is 389 g/mol. The van der Waals surface area contributed by atoms with Crippen LogP contribution in [0, 0.1) is 6.92 Å². The average Bonchev–Trinajstić information content (AvgIpc) is 3.11. The van der Waals surface area contributed by atoms with Crippen molar-refractivity contribution in [3.05, 3.63) is 82.9 Å². The number of amides is 2. The van der Waals surface area contributed by atoms with Gasteiger partial charge in [0.1, 0.15) is 5.69 Å². The number of benzene rings is 1. The predicted molar refractivity (Wildman–Crippen MR) is 108 cm³/mol. The molecule has 0 saturated heterocycles. The normalized spacial score (nSPS) is 13.7. The summed E-state index contributed by atoms with van der Waals surface area (Å²) in [6, 6.07) is 13.5. The molecule has 0 atom stereocenters. The highest BCUT2D eigenvalue weighted by molar-refractivity contribution is 5.98. The van der Waals surface area contributed by atoms with Crippen LogP contribution in [0.25, 0.3) is 0 Å². The number of aromatic nitrogens is 3. The van der Waals surface area contributed by atoms with E-state index in [0.29, 0.717) is 31.9 Å². The fraction of sp³-hybridized carbons (Fsp3) is 0.273. The molecule has 0 spiro atoms. The van der Waals surface area contributed by atoms with E-state index in [1.807, 2.05) is 48.2 Å². The van der Waals surface area contributed by atoms with Gasteiger partial charge in [-0.05, 0) is 30.5 Å². The summed E-state index contributed by atoms with van der Waals surface area (Å²) in [4.78, 5) is 31.4. The minimum absolute atomic E-state index is 0.0955. The number of carbonyl (C=O) groups is 2. The first-order chi connectivity index (χ1) is 14.1. The lowest BCUT2D eigenvalue weighted by Gasteiger charge is -2.20. The number of nitrogens with zero attached hydrogens (tertiary/aromatic N) is 4. The number of pyridine rings is 1. The van der Waals surface area contributed by atoms with Crippen molar-refractivity contribution in [3.63, 3.8) is 0 Å². The number of hydrogen-bond donors (Lipinski definition) is 1. The third-order valence-corrected chi connectivity index (χ3v) is 4.99. The number of carbonyl (C=O) groups excluding carboxylic acids is 2. The van der Waals surface area contributed by atoms with Gasteiger partial charge in [-0.1, -0.05) is 35.9 Å². The number of aryl methyl sites for hydroxylation is 2. The number of rotatable bonds is 5. The van der Waals surface area contributed by atoms with Gasteiger partial charge >= 0.3 is 0 Å². The molecule has 1 aliphatic heterocycles. The van der Waals surface area contributed by atoms with Gasteiger partial charge in [-0.15, -0.1) is 0 Å². The van der Waals surface area contributed by atoms with E-state index >= 15 is 0 Å². The Labute approximate surface area is 169 Å². The highest BCUT2D eigenvalue weighted by Crippen LogP contribution is 2.17. The summed E-state index contributed by atoms with van der Waals surface area (Å²) in [6.07, 6.45) is 4.18. The van der Waals surface area contributed by atoms with Gasteiger partial charge in [-0.25, -0.2) is 0 Å². The third-order valence-electron chi connectivity index (χ3n) is 4.99. The quantitative estimate of drug-likeness (QED) is 0.727. The molecule has 3 aromatic rings. The minimum Gasteiger partial charge on any atom is -0.347 e. The Balaban J connectivity index is 1.47. The summed E-state index contributed by atoms with van der Waals surface area (Å²) in [5.41, 5.74) is 3.90. The van der Waals surface area contributed by atoms with E-state index in [9.17, 15) is 9.59 Å². The summed E-state index contributed by atoms with van der Waals surface area (Å²) >= 11 is 0. The van der Waals surface area contributed by atoms with Crippen molar-refractivity contribution in [2.45, 2.75) is 33.0 Å². The van der Waals surface area contributed by atoms with Crippen molar-refractivity contribution in [2.75, 3.05) is 6.54 Å². The first kappa shape index (κ1) is 18.9. The first-order valence-corrected chi connectivity index (χ1v) is 9.70. The Kier molecular flexibility index (Phi) is 5.37. The fourth-order valence-corrected chi connectivity index (χ4v) is 3.39. The van der Waals surface area contributed by atoms with Gasteiger partial charge in [0.05, 0.1) is 0 Å². The molecule has 0 unspecified atom stereocenters. The van der Waals surface area contributed by atoms with E-state index in [2.05, 4.69) is 15.4 Å². The molecule has 7 heteroatoms. The van der Waals surface area contributed by atoms with Crippen molar-refractivity contribution in [2.24, 2.45) is 0 Å². The highest BCUT2D eigenvalue weighted by Gasteiger charge is 2.26. The van der Waals surface area contributed by atoms with Crippen LogP contribution in [0.4, 0.5) is 0 Å². The second-order valence-electron chi connectivity index (χ2n) is 7.25. The van der Waals surface area contributed by atoms with E-state index in [1.165, 1.54) is 5.56 Å². The van der Waals surface area contributed by atoms with E-state index in [-0.39, 0.29) is 17.5 Å². The standard InChI is InChI=1S/C22H23N5O2/c1-16-5-7-17(8-6-16)15-26-10-3-11-27-20(22(26)29)12-19(25-27)21(28)24-14-18-4-2-9-23-13-18/h2,4-9,12-13H,3,10-11,14-15H2,1H3,(H,24,28). The second kappa shape index (κ2) is 8.26. The highest BCUT2D eigenvalue weighted by atomic mass is 16.2. The van der Waals surface area contributed by atoms with Gasteiger partial charge in [0, 0.05) is 44.6 Å². The largest absolute Gasteiger partial charge is 0.347 e. The van der Waals surface area contributed by atoms with E-state index in [1.54, 1.807) is 23.1 Å². The van der Waals surface area contributed by atoms with Crippen LogP contribution < -0.4 is 5.32 Å². The van der Waals surface area contributed by atoms with Crippen LogP contribution in [0.5, 0.6) is 0 Å². The van der Waals surface area contributed by atoms with Crippen molar-refractivity contribution in [3.8, 4) is 0 Å². The third kappa shape index (κ3) is 4.34. The molecule has 0 saturated carbocycles. The molecule has 29 heavy (non-hydrogen) atoms. The van der Waals surface area contributed by atoms with Gasteiger partial charge in [-0.3, -0.25) is 19.3 Å². The zero-order valence-electron chi connectivity index (χ0n) is 16.3. The molecule has 4 rings (SSSR count).